The first-order valence-electron chi connectivity index (χ1n) is 3.50. The summed E-state index contributed by atoms with van der Waals surface area (Å²) < 4.78 is 0.527. The molecule has 0 aliphatic heterocycles. The van der Waals surface area contributed by atoms with Crippen LogP contribution in [0.4, 0.5) is 0 Å². The van der Waals surface area contributed by atoms with Crippen LogP contribution in [0.1, 0.15) is 21.5 Å². The lowest BCUT2D eigenvalue weighted by molar-refractivity contribution is 0.0695. The van der Waals surface area contributed by atoms with E-state index in [1.165, 1.54) is 6.07 Å². The van der Waals surface area contributed by atoms with Gasteiger partial charge in [0.1, 0.15) is 0 Å². The van der Waals surface area contributed by atoms with Crippen molar-refractivity contribution in [3.63, 3.8) is 0 Å². The Hall–Kier alpha value is -1.34. The van der Waals surface area contributed by atoms with Crippen LogP contribution in [0, 0.1) is 18.3 Å². The normalized spacial score (nSPS) is 9.31. The van der Waals surface area contributed by atoms with Crippen LogP contribution in [-0.2, 0) is 0 Å². The number of aryl methyl sites for hydroxylation is 1. The van der Waals surface area contributed by atoms with Crippen LogP contribution in [0.5, 0.6) is 0 Å². The van der Waals surface area contributed by atoms with E-state index in [1.807, 2.05) is 6.07 Å². The quantitative estimate of drug-likeness (QED) is 0.819. The van der Waals surface area contributed by atoms with Gasteiger partial charge in [0, 0.05) is 4.47 Å². The first kappa shape index (κ1) is 9.75. The predicted octanol–water partition coefficient (Wildman–Crippen LogP) is 2.33. The maximum atomic E-state index is 10.7. The lowest BCUT2D eigenvalue weighted by Crippen LogP contribution is -1.99. The molecule has 0 saturated carbocycles. The molecule has 0 amide bonds. The van der Waals surface area contributed by atoms with Crippen molar-refractivity contribution < 1.29 is 9.90 Å². The summed E-state index contributed by atoms with van der Waals surface area (Å²) in [4.78, 5) is 10.7. The summed E-state index contributed by atoms with van der Waals surface area (Å²) in [5.41, 5.74) is 1.23. The van der Waals surface area contributed by atoms with Crippen molar-refractivity contribution in [2.75, 3.05) is 0 Å². The van der Waals surface area contributed by atoms with Crippen molar-refractivity contribution in [1.82, 2.24) is 0 Å². The highest BCUT2D eigenvalue weighted by atomic mass is 79.9. The third-order valence-electron chi connectivity index (χ3n) is 1.61. The fraction of sp³-hybridized carbons (Fsp3) is 0.111. The molecule has 4 heteroatoms. The minimum atomic E-state index is -1.04. The van der Waals surface area contributed by atoms with Crippen molar-refractivity contribution in [2.45, 2.75) is 6.92 Å². The number of hydrogen-bond acceptors (Lipinski definition) is 2. The standard InChI is InChI=1S/C9H6BrNO2/c1-5-2-6(4-11)3-7(8(5)10)9(12)13/h2-3H,1H3,(H,12,13). The number of halogens is 1. The van der Waals surface area contributed by atoms with Crippen LogP contribution in [0.25, 0.3) is 0 Å². The molecule has 0 radical (unpaired) electrons. The number of hydrogen-bond donors (Lipinski definition) is 1. The Morgan fingerprint density at radius 1 is 1.62 bits per heavy atom. The monoisotopic (exact) mass is 239 g/mol. The fourth-order valence-electron chi connectivity index (χ4n) is 0.990. The summed E-state index contributed by atoms with van der Waals surface area (Å²) >= 11 is 3.15. The zero-order valence-corrected chi connectivity index (χ0v) is 8.42. The lowest BCUT2D eigenvalue weighted by Gasteiger charge is -2.02. The summed E-state index contributed by atoms with van der Waals surface area (Å²) in [6.07, 6.45) is 0. The number of carboxylic acid groups (broad SMARTS) is 1. The third-order valence-corrected chi connectivity index (χ3v) is 2.67. The molecule has 13 heavy (non-hydrogen) atoms. The molecular formula is C9H6BrNO2. The van der Waals surface area contributed by atoms with E-state index in [0.717, 1.165) is 5.56 Å². The molecule has 1 N–H and O–H groups in total. The largest absolute Gasteiger partial charge is 0.478 e. The molecule has 0 heterocycles. The van der Waals surface area contributed by atoms with Gasteiger partial charge in [-0.15, -0.1) is 0 Å². The summed E-state index contributed by atoms with van der Waals surface area (Å²) in [6.45, 7) is 1.75. The molecule has 0 aliphatic rings. The number of nitriles is 1. The van der Waals surface area contributed by atoms with Crippen LogP contribution < -0.4 is 0 Å². The third kappa shape index (κ3) is 1.87. The molecule has 1 aromatic carbocycles. The van der Waals surface area contributed by atoms with Gasteiger partial charge in [-0.05, 0) is 40.5 Å². The summed E-state index contributed by atoms with van der Waals surface area (Å²) in [5, 5.41) is 17.4. The smallest absolute Gasteiger partial charge is 0.336 e. The van der Waals surface area contributed by atoms with Gasteiger partial charge in [0.2, 0.25) is 0 Å². The Balaban J connectivity index is 3.44. The van der Waals surface area contributed by atoms with Crippen molar-refractivity contribution in [2.24, 2.45) is 0 Å². The first-order valence-corrected chi connectivity index (χ1v) is 4.29. The van der Waals surface area contributed by atoms with E-state index < -0.39 is 5.97 Å². The van der Waals surface area contributed by atoms with E-state index in [4.69, 9.17) is 10.4 Å². The number of carbonyl (C=O) groups is 1. The van der Waals surface area contributed by atoms with E-state index in [9.17, 15) is 4.79 Å². The molecular weight excluding hydrogens is 234 g/mol. The van der Waals surface area contributed by atoms with E-state index >= 15 is 0 Å². The van der Waals surface area contributed by atoms with Crippen molar-refractivity contribution in [3.8, 4) is 6.07 Å². The maximum Gasteiger partial charge on any atom is 0.336 e. The molecule has 0 fully saturated rings. The van der Waals surface area contributed by atoms with Crippen LogP contribution in [0.2, 0.25) is 0 Å². The van der Waals surface area contributed by atoms with Gasteiger partial charge < -0.3 is 5.11 Å². The molecule has 0 saturated heterocycles. The number of rotatable bonds is 1. The van der Waals surface area contributed by atoms with E-state index in [1.54, 1.807) is 13.0 Å². The Morgan fingerprint density at radius 2 is 2.23 bits per heavy atom. The van der Waals surface area contributed by atoms with Gasteiger partial charge in [0.15, 0.2) is 0 Å². The second kappa shape index (κ2) is 3.58. The molecule has 1 aromatic rings. The van der Waals surface area contributed by atoms with Gasteiger partial charge in [-0.1, -0.05) is 0 Å². The number of aromatic carboxylic acids is 1. The van der Waals surface area contributed by atoms with Crippen LogP contribution in [-0.4, -0.2) is 11.1 Å². The molecule has 0 bridgehead atoms. The Labute approximate surface area is 83.7 Å². The van der Waals surface area contributed by atoms with Crippen LogP contribution in [0.15, 0.2) is 16.6 Å². The second-order valence-corrected chi connectivity index (χ2v) is 3.36. The van der Waals surface area contributed by atoms with Gasteiger partial charge in [-0.25, -0.2) is 4.79 Å². The number of carboxylic acids is 1. The lowest BCUT2D eigenvalue weighted by atomic mass is 10.1. The minimum absolute atomic E-state index is 0.122. The van der Waals surface area contributed by atoms with E-state index in [0.29, 0.717) is 10.0 Å². The Bertz CT molecular complexity index is 407. The highest BCUT2D eigenvalue weighted by Gasteiger charge is 2.11. The van der Waals surface area contributed by atoms with E-state index in [2.05, 4.69) is 15.9 Å². The highest BCUT2D eigenvalue weighted by molar-refractivity contribution is 9.10. The van der Waals surface area contributed by atoms with Crippen molar-refractivity contribution in [1.29, 1.82) is 5.26 Å². The molecule has 1 rings (SSSR count). The second-order valence-electron chi connectivity index (χ2n) is 2.57. The molecule has 66 valence electrons. The zero-order valence-electron chi connectivity index (χ0n) is 6.84. The van der Waals surface area contributed by atoms with Crippen LogP contribution >= 0.6 is 15.9 Å². The van der Waals surface area contributed by atoms with Gasteiger partial charge in [-0.2, -0.15) is 5.26 Å². The average molecular weight is 240 g/mol. The summed E-state index contributed by atoms with van der Waals surface area (Å²) in [6, 6.07) is 4.89. The fourth-order valence-corrected chi connectivity index (χ4v) is 1.39. The Kier molecular flexibility index (Phi) is 2.69. The molecule has 0 spiro atoms. The van der Waals surface area contributed by atoms with Gasteiger partial charge in [-0.3, -0.25) is 0 Å². The average Bonchev–Trinajstić information content (AvgIpc) is 2.09. The van der Waals surface area contributed by atoms with Crippen molar-refractivity contribution in [3.05, 3.63) is 33.3 Å². The van der Waals surface area contributed by atoms with Gasteiger partial charge in [0.05, 0.1) is 17.2 Å². The molecule has 0 unspecified atom stereocenters. The predicted molar refractivity (Wildman–Crippen MR) is 50.6 cm³/mol. The summed E-state index contributed by atoms with van der Waals surface area (Å²) in [7, 11) is 0. The zero-order chi connectivity index (χ0) is 10.0. The maximum absolute atomic E-state index is 10.7. The highest BCUT2D eigenvalue weighted by Crippen LogP contribution is 2.22. The Morgan fingerprint density at radius 3 is 2.69 bits per heavy atom. The van der Waals surface area contributed by atoms with Crippen molar-refractivity contribution >= 4 is 21.9 Å². The molecule has 0 aromatic heterocycles. The first-order chi connectivity index (χ1) is 6.06. The molecule has 3 nitrogen and oxygen atoms in total. The molecule has 0 aliphatic carbocycles. The summed E-state index contributed by atoms with van der Waals surface area (Å²) in [5.74, 6) is -1.04. The van der Waals surface area contributed by atoms with E-state index in [-0.39, 0.29) is 5.56 Å². The minimum Gasteiger partial charge on any atom is -0.478 e. The van der Waals surface area contributed by atoms with Gasteiger partial charge >= 0.3 is 5.97 Å². The van der Waals surface area contributed by atoms with Crippen LogP contribution in [0.3, 0.4) is 0 Å². The number of benzene rings is 1. The SMILES string of the molecule is Cc1cc(C#N)cc(C(=O)O)c1Br. The van der Waals surface area contributed by atoms with Gasteiger partial charge in [0.25, 0.3) is 0 Å². The molecule has 0 atom stereocenters. The number of nitrogens with zero attached hydrogens (tertiary/aromatic N) is 1. The topological polar surface area (TPSA) is 61.1 Å².